The first-order valence-electron chi connectivity index (χ1n) is 6.20. The molecule has 0 spiro atoms. The third-order valence-electron chi connectivity index (χ3n) is 4.24. The standard InChI is InChI=1S/C12H24N2O/c1-10-8-11(13)4-7-14(10)9-12(15-2)5-3-6-12/h10-11H,3-9,13H2,1-2H3. The van der Waals surface area contributed by atoms with Crippen molar-refractivity contribution in [2.45, 2.75) is 56.7 Å². The Morgan fingerprint density at radius 1 is 1.47 bits per heavy atom. The lowest BCUT2D eigenvalue weighted by Gasteiger charge is -2.47. The second-order valence-electron chi connectivity index (χ2n) is 5.34. The summed E-state index contributed by atoms with van der Waals surface area (Å²) in [7, 11) is 1.86. The lowest BCUT2D eigenvalue weighted by molar-refractivity contribution is -0.100. The van der Waals surface area contributed by atoms with Gasteiger partial charge < -0.3 is 10.5 Å². The molecule has 2 fully saturated rings. The van der Waals surface area contributed by atoms with Crippen molar-refractivity contribution in [1.82, 2.24) is 4.90 Å². The summed E-state index contributed by atoms with van der Waals surface area (Å²) in [6, 6.07) is 1.04. The number of piperidine rings is 1. The van der Waals surface area contributed by atoms with Gasteiger partial charge in [0.1, 0.15) is 0 Å². The lowest BCUT2D eigenvalue weighted by atomic mass is 9.79. The van der Waals surface area contributed by atoms with Gasteiger partial charge in [0.15, 0.2) is 0 Å². The molecule has 0 bridgehead atoms. The van der Waals surface area contributed by atoms with Gasteiger partial charge in [0.05, 0.1) is 5.60 Å². The van der Waals surface area contributed by atoms with E-state index in [2.05, 4.69) is 11.8 Å². The van der Waals surface area contributed by atoms with Gasteiger partial charge in [0, 0.05) is 32.3 Å². The SMILES string of the molecule is COC1(CN2CCC(N)CC2C)CCC1. The van der Waals surface area contributed by atoms with Crippen LogP contribution in [0.5, 0.6) is 0 Å². The first-order chi connectivity index (χ1) is 7.15. The van der Waals surface area contributed by atoms with Crippen LogP contribution in [-0.2, 0) is 4.74 Å². The molecular weight excluding hydrogens is 188 g/mol. The normalized spacial score (nSPS) is 36.2. The first kappa shape index (κ1) is 11.4. The van der Waals surface area contributed by atoms with E-state index in [4.69, 9.17) is 10.5 Å². The molecule has 2 atom stereocenters. The Labute approximate surface area is 93.0 Å². The highest BCUT2D eigenvalue weighted by molar-refractivity contribution is 4.94. The second-order valence-corrected chi connectivity index (χ2v) is 5.34. The zero-order valence-electron chi connectivity index (χ0n) is 10.0. The summed E-state index contributed by atoms with van der Waals surface area (Å²) in [6.45, 7) is 4.55. The average Bonchev–Trinajstić information content (AvgIpc) is 2.14. The molecule has 0 aromatic heterocycles. The van der Waals surface area contributed by atoms with Crippen LogP contribution in [0.3, 0.4) is 0 Å². The predicted octanol–water partition coefficient (Wildman–Crippen LogP) is 1.37. The Balaban J connectivity index is 1.88. The van der Waals surface area contributed by atoms with Crippen molar-refractivity contribution in [3.8, 4) is 0 Å². The summed E-state index contributed by atoms with van der Waals surface area (Å²) < 4.78 is 5.68. The Bertz CT molecular complexity index is 210. The average molecular weight is 212 g/mol. The zero-order valence-corrected chi connectivity index (χ0v) is 10.0. The van der Waals surface area contributed by atoms with Crippen molar-refractivity contribution in [3.63, 3.8) is 0 Å². The van der Waals surface area contributed by atoms with E-state index >= 15 is 0 Å². The molecule has 2 N–H and O–H groups in total. The fraction of sp³-hybridized carbons (Fsp3) is 1.00. The van der Waals surface area contributed by atoms with Gasteiger partial charge in [-0.1, -0.05) is 0 Å². The molecule has 0 radical (unpaired) electrons. The summed E-state index contributed by atoms with van der Waals surface area (Å²) >= 11 is 0. The Hall–Kier alpha value is -0.120. The van der Waals surface area contributed by atoms with Gasteiger partial charge in [-0.05, 0) is 39.0 Å². The number of methoxy groups -OCH3 is 1. The Morgan fingerprint density at radius 3 is 2.67 bits per heavy atom. The number of ether oxygens (including phenoxy) is 1. The van der Waals surface area contributed by atoms with Gasteiger partial charge >= 0.3 is 0 Å². The van der Waals surface area contributed by atoms with Gasteiger partial charge in [-0.2, -0.15) is 0 Å². The zero-order chi connectivity index (χ0) is 10.9. The van der Waals surface area contributed by atoms with E-state index in [0.717, 1.165) is 25.9 Å². The highest BCUT2D eigenvalue weighted by Gasteiger charge is 2.40. The predicted molar refractivity (Wildman–Crippen MR) is 61.8 cm³/mol. The van der Waals surface area contributed by atoms with E-state index in [0.29, 0.717) is 12.1 Å². The molecule has 0 amide bonds. The number of hydrogen-bond acceptors (Lipinski definition) is 3. The summed E-state index contributed by atoms with van der Waals surface area (Å²) in [5, 5.41) is 0. The van der Waals surface area contributed by atoms with Crippen LogP contribution in [-0.4, -0.2) is 42.8 Å². The molecule has 0 aromatic carbocycles. The van der Waals surface area contributed by atoms with Crippen LogP contribution in [0.2, 0.25) is 0 Å². The van der Waals surface area contributed by atoms with E-state index in [1.807, 2.05) is 7.11 Å². The van der Waals surface area contributed by atoms with Crippen LogP contribution in [0.1, 0.15) is 39.0 Å². The van der Waals surface area contributed by atoms with E-state index < -0.39 is 0 Å². The van der Waals surface area contributed by atoms with Gasteiger partial charge in [0.2, 0.25) is 0 Å². The van der Waals surface area contributed by atoms with Crippen LogP contribution in [0.25, 0.3) is 0 Å². The molecule has 3 heteroatoms. The summed E-state index contributed by atoms with van der Waals surface area (Å²) in [5.74, 6) is 0. The van der Waals surface area contributed by atoms with E-state index in [1.54, 1.807) is 0 Å². The minimum Gasteiger partial charge on any atom is -0.377 e. The van der Waals surface area contributed by atoms with Crippen LogP contribution in [0.15, 0.2) is 0 Å². The number of nitrogens with two attached hydrogens (primary N) is 1. The third-order valence-corrected chi connectivity index (χ3v) is 4.24. The third kappa shape index (κ3) is 2.35. The van der Waals surface area contributed by atoms with E-state index in [9.17, 15) is 0 Å². The molecule has 88 valence electrons. The number of rotatable bonds is 3. The largest absolute Gasteiger partial charge is 0.377 e. The Kier molecular flexibility index (Phi) is 3.33. The smallest absolute Gasteiger partial charge is 0.0805 e. The number of hydrogen-bond donors (Lipinski definition) is 1. The van der Waals surface area contributed by atoms with Gasteiger partial charge in [0.25, 0.3) is 0 Å². The monoisotopic (exact) mass is 212 g/mol. The molecule has 15 heavy (non-hydrogen) atoms. The molecule has 2 unspecified atom stereocenters. The molecule has 3 nitrogen and oxygen atoms in total. The molecule has 1 saturated heterocycles. The molecule has 1 aliphatic carbocycles. The minimum absolute atomic E-state index is 0.176. The van der Waals surface area contributed by atoms with Crippen LogP contribution in [0, 0.1) is 0 Å². The highest BCUT2D eigenvalue weighted by atomic mass is 16.5. The highest BCUT2D eigenvalue weighted by Crippen LogP contribution is 2.36. The molecule has 1 heterocycles. The lowest BCUT2D eigenvalue weighted by Crippen LogP contribution is -2.55. The molecule has 2 aliphatic rings. The molecular formula is C12H24N2O. The minimum atomic E-state index is 0.176. The maximum absolute atomic E-state index is 5.97. The second kappa shape index (κ2) is 4.40. The summed E-state index contributed by atoms with van der Waals surface area (Å²) in [4.78, 5) is 2.56. The fourth-order valence-electron chi connectivity index (χ4n) is 2.86. The Morgan fingerprint density at radius 2 is 2.20 bits per heavy atom. The summed E-state index contributed by atoms with van der Waals surface area (Å²) in [6.07, 6.45) is 6.08. The van der Waals surface area contributed by atoms with Crippen LogP contribution in [0.4, 0.5) is 0 Å². The fourth-order valence-corrected chi connectivity index (χ4v) is 2.86. The van der Waals surface area contributed by atoms with Crippen molar-refractivity contribution >= 4 is 0 Å². The number of nitrogens with zero attached hydrogens (tertiary/aromatic N) is 1. The van der Waals surface area contributed by atoms with Crippen LogP contribution >= 0.6 is 0 Å². The maximum atomic E-state index is 5.97. The van der Waals surface area contributed by atoms with E-state index in [1.165, 1.54) is 19.3 Å². The topological polar surface area (TPSA) is 38.5 Å². The maximum Gasteiger partial charge on any atom is 0.0805 e. The van der Waals surface area contributed by atoms with E-state index in [-0.39, 0.29) is 5.60 Å². The van der Waals surface area contributed by atoms with Gasteiger partial charge in [-0.25, -0.2) is 0 Å². The first-order valence-corrected chi connectivity index (χ1v) is 6.20. The van der Waals surface area contributed by atoms with Crippen LogP contribution < -0.4 is 5.73 Å². The van der Waals surface area contributed by atoms with Gasteiger partial charge in [-0.15, -0.1) is 0 Å². The molecule has 1 aliphatic heterocycles. The van der Waals surface area contributed by atoms with Gasteiger partial charge in [-0.3, -0.25) is 4.90 Å². The quantitative estimate of drug-likeness (QED) is 0.768. The van der Waals surface area contributed by atoms with Crippen molar-refractivity contribution in [1.29, 1.82) is 0 Å². The van der Waals surface area contributed by atoms with Crippen molar-refractivity contribution in [3.05, 3.63) is 0 Å². The van der Waals surface area contributed by atoms with Crippen molar-refractivity contribution in [2.24, 2.45) is 5.73 Å². The molecule has 1 saturated carbocycles. The summed E-state index contributed by atoms with van der Waals surface area (Å²) in [5.41, 5.74) is 6.15. The molecule has 2 rings (SSSR count). The number of likely N-dealkylation sites (tertiary alicyclic amines) is 1. The van der Waals surface area contributed by atoms with Crippen molar-refractivity contribution in [2.75, 3.05) is 20.2 Å². The molecule has 0 aromatic rings. The van der Waals surface area contributed by atoms with Crippen molar-refractivity contribution < 1.29 is 4.74 Å².